The molecule has 0 aliphatic carbocycles. The van der Waals surface area contributed by atoms with Gasteiger partial charge in [-0.1, -0.05) is 26.0 Å². The fourth-order valence-electron chi connectivity index (χ4n) is 1.79. The van der Waals surface area contributed by atoms with E-state index in [2.05, 4.69) is 5.32 Å². The van der Waals surface area contributed by atoms with E-state index in [0.717, 1.165) is 6.07 Å². The molecule has 0 radical (unpaired) electrons. The van der Waals surface area contributed by atoms with Gasteiger partial charge in [0.05, 0.1) is 5.56 Å². The van der Waals surface area contributed by atoms with Gasteiger partial charge in [0.1, 0.15) is 11.9 Å². The van der Waals surface area contributed by atoms with Gasteiger partial charge in [0.15, 0.2) is 0 Å². The minimum atomic E-state index is -4.41. The molecule has 0 saturated heterocycles. The van der Waals surface area contributed by atoms with Crippen molar-refractivity contribution in [3.05, 3.63) is 29.8 Å². The molecule has 0 amide bonds. The van der Waals surface area contributed by atoms with Crippen molar-refractivity contribution in [3.8, 4) is 5.75 Å². The zero-order chi connectivity index (χ0) is 16.3. The molecular formula is C16H24F3NO. The quantitative estimate of drug-likeness (QED) is 0.865. The molecule has 5 heteroatoms. The molecule has 0 fully saturated rings. The first kappa shape index (κ1) is 17.8. The molecule has 1 N–H and O–H groups in total. The number of benzene rings is 1. The highest BCUT2D eigenvalue weighted by Gasteiger charge is 2.35. The summed E-state index contributed by atoms with van der Waals surface area (Å²) < 4.78 is 44.6. The monoisotopic (exact) mass is 303 g/mol. The SMILES string of the molecule is CC(C)C(CNC(C)(C)C)Oc1ccccc1C(F)(F)F. The highest BCUT2D eigenvalue weighted by Crippen LogP contribution is 2.36. The van der Waals surface area contributed by atoms with Crippen LogP contribution < -0.4 is 10.1 Å². The Morgan fingerprint density at radius 3 is 2.14 bits per heavy atom. The van der Waals surface area contributed by atoms with Crippen LogP contribution in [-0.2, 0) is 6.18 Å². The molecule has 1 aromatic carbocycles. The lowest BCUT2D eigenvalue weighted by atomic mass is 10.0. The molecule has 1 unspecified atom stereocenters. The third kappa shape index (κ3) is 5.96. The third-order valence-corrected chi connectivity index (χ3v) is 3.05. The second-order valence-electron chi connectivity index (χ2n) is 6.53. The first-order chi connectivity index (χ1) is 9.50. The Balaban J connectivity index is 2.90. The van der Waals surface area contributed by atoms with Gasteiger partial charge < -0.3 is 10.1 Å². The highest BCUT2D eigenvalue weighted by molar-refractivity contribution is 5.35. The fraction of sp³-hybridized carbons (Fsp3) is 0.625. The van der Waals surface area contributed by atoms with Crippen LogP contribution in [0.15, 0.2) is 24.3 Å². The lowest BCUT2D eigenvalue weighted by Gasteiger charge is -2.29. The van der Waals surface area contributed by atoms with Crippen molar-refractivity contribution >= 4 is 0 Å². The maximum Gasteiger partial charge on any atom is 0.419 e. The molecule has 0 aliphatic heterocycles. The Bertz CT molecular complexity index is 450. The van der Waals surface area contributed by atoms with Crippen molar-refractivity contribution < 1.29 is 17.9 Å². The molecule has 0 aromatic heterocycles. The standard InChI is InChI=1S/C16H24F3NO/c1-11(2)14(10-20-15(3,4)5)21-13-9-7-6-8-12(13)16(17,18)19/h6-9,11,14,20H,10H2,1-5H3. The van der Waals surface area contributed by atoms with Crippen molar-refractivity contribution in [2.24, 2.45) is 5.92 Å². The Morgan fingerprint density at radius 2 is 1.67 bits per heavy atom. The van der Waals surface area contributed by atoms with Crippen LogP contribution in [0.25, 0.3) is 0 Å². The second-order valence-corrected chi connectivity index (χ2v) is 6.53. The van der Waals surface area contributed by atoms with Crippen LogP contribution in [0.4, 0.5) is 13.2 Å². The third-order valence-electron chi connectivity index (χ3n) is 3.05. The maximum atomic E-state index is 13.0. The van der Waals surface area contributed by atoms with E-state index in [9.17, 15) is 13.2 Å². The molecule has 0 saturated carbocycles. The zero-order valence-electron chi connectivity index (χ0n) is 13.2. The number of rotatable bonds is 5. The highest BCUT2D eigenvalue weighted by atomic mass is 19.4. The van der Waals surface area contributed by atoms with Gasteiger partial charge in [-0.15, -0.1) is 0 Å². The van der Waals surface area contributed by atoms with Gasteiger partial charge >= 0.3 is 6.18 Å². The lowest BCUT2D eigenvalue weighted by molar-refractivity contribution is -0.139. The number of alkyl halides is 3. The maximum absolute atomic E-state index is 13.0. The largest absolute Gasteiger partial charge is 0.488 e. The first-order valence-corrected chi connectivity index (χ1v) is 7.08. The van der Waals surface area contributed by atoms with Gasteiger partial charge in [-0.3, -0.25) is 0 Å². The second kappa shape index (κ2) is 6.69. The molecule has 120 valence electrons. The number of hydrogen-bond acceptors (Lipinski definition) is 2. The smallest absolute Gasteiger partial charge is 0.419 e. The Kier molecular flexibility index (Phi) is 5.68. The van der Waals surface area contributed by atoms with Crippen molar-refractivity contribution in [1.82, 2.24) is 5.32 Å². The number of nitrogens with one attached hydrogen (secondary N) is 1. The van der Waals surface area contributed by atoms with E-state index in [1.54, 1.807) is 6.07 Å². The van der Waals surface area contributed by atoms with Gasteiger partial charge in [0, 0.05) is 12.1 Å². The van der Waals surface area contributed by atoms with E-state index in [1.807, 2.05) is 34.6 Å². The van der Waals surface area contributed by atoms with E-state index in [4.69, 9.17) is 4.74 Å². The summed E-state index contributed by atoms with van der Waals surface area (Å²) in [5, 5.41) is 3.28. The molecule has 0 bridgehead atoms. The summed E-state index contributed by atoms with van der Waals surface area (Å²) >= 11 is 0. The van der Waals surface area contributed by atoms with Gasteiger partial charge in [0.2, 0.25) is 0 Å². The first-order valence-electron chi connectivity index (χ1n) is 7.08. The molecule has 1 rings (SSSR count). The molecule has 21 heavy (non-hydrogen) atoms. The molecule has 1 aromatic rings. The van der Waals surface area contributed by atoms with Gasteiger partial charge in [-0.25, -0.2) is 0 Å². The van der Waals surface area contributed by atoms with Gasteiger partial charge in [0.25, 0.3) is 0 Å². The Labute approximate surface area is 124 Å². The predicted octanol–water partition coefficient (Wildman–Crippen LogP) is 4.50. The summed E-state index contributed by atoms with van der Waals surface area (Å²) in [7, 11) is 0. The average molecular weight is 303 g/mol. The fourth-order valence-corrected chi connectivity index (χ4v) is 1.79. The van der Waals surface area contributed by atoms with Crippen molar-refractivity contribution in [2.75, 3.05) is 6.54 Å². The Morgan fingerprint density at radius 1 is 1.10 bits per heavy atom. The van der Waals surface area contributed by atoms with Crippen LogP contribution in [0.1, 0.15) is 40.2 Å². The normalized spacial score (nSPS) is 14.3. The molecule has 1 atom stereocenters. The summed E-state index contributed by atoms with van der Waals surface area (Å²) in [6, 6.07) is 5.34. The van der Waals surface area contributed by atoms with Gasteiger partial charge in [-0.05, 0) is 38.8 Å². The summed E-state index contributed by atoms with van der Waals surface area (Å²) in [6.45, 7) is 10.4. The average Bonchev–Trinajstić information content (AvgIpc) is 2.32. The minimum absolute atomic E-state index is 0.0983. The summed E-state index contributed by atoms with van der Waals surface area (Å²) in [5.41, 5.74) is -0.841. The number of para-hydroxylation sites is 1. The molecular weight excluding hydrogens is 279 g/mol. The number of halogens is 3. The minimum Gasteiger partial charge on any atom is -0.488 e. The van der Waals surface area contributed by atoms with Crippen LogP contribution in [0, 0.1) is 5.92 Å². The summed E-state index contributed by atoms with van der Waals surface area (Å²) in [6.07, 6.45) is -4.73. The van der Waals surface area contributed by atoms with E-state index in [0.29, 0.717) is 6.54 Å². The summed E-state index contributed by atoms with van der Waals surface area (Å²) in [5.74, 6) is -0.0134. The van der Waals surface area contributed by atoms with Crippen LogP contribution >= 0.6 is 0 Å². The number of ether oxygens (including phenoxy) is 1. The van der Waals surface area contributed by atoms with E-state index >= 15 is 0 Å². The van der Waals surface area contributed by atoms with Crippen LogP contribution in [-0.4, -0.2) is 18.2 Å². The zero-order valence-corrected chi connectivity index (χ0v) is 13.2. The van der Waals surface area contributed by atoms with Crippen LogP contribution in [0.3, 0.4) is 0 Å². The summed E-state index contributed by atoms with van der Waals surface area (Å²) in [4.78, 5) is 0. The number of hydrogen-bond donors (Lipinski definition) is 1. The van der Waals surface area contributed by atoms with E-state index < -0.39 is 11.7 Å². The molecule has 0 aliphatic rings. The van der Waals surface area contributed by atoms with Crippen molar-refractivity contribution in [2.45, 2.75) is 52.4 Å². The van der Waals surface area contributed by atoms with E-state index in [-0.39, 0.29) is 23.3 Å². The predicted molar refractivity (Wildman–Crippen MR) is 78.5 cm³/mol. The van der Waals surface area contributed by atoms with Crippen molar-refractivity contribution in [3.63, 3.8) is 0 Å². The lowest BCUT2D eigenvalue weighted by Crippen LogP contribution is -2.44. The molecule has 2 nitrogen and oxygen atoms in total. The van der Waals surface area contributed by atoms with Crippen LogP contribution in [0.5, 0.6) is 5.75 Å². The topological polar surface area (TPSA) is 21.3 Å². The molecule has 0 spiro atoms. The Hall–Kier alpha value is -1.23. The van der Waals surface area contributed by atoms with Gasteiger partial charge in [-0.2, -0.15) is 13.2 Å². The van der Waals surface area contributed by atoms with E-state index in [1.165, 1.54) is 12.1 Å². The van der Waals surface area contributed by atoms with Crippen molar-refractivity contribution in [1.29, 1.82) is 0 Å². The van der Waals surface area contributed by atoms with Crippen LogP contribution in [0.2, 0.25) is 0 Å². The molecule has 0 heterocycles.